The zero-order valence-corrected chi connectivity index (χ0v) is 16.8. The predicted octanol–water partition coefficient (Wildman–Crippen LogP) is 2.98. The zero-order valence-electron chi connectivity index (χ0n) is 16.0. The molecule has 4 heterocycles. The van der Waals surface area contributed by atoms with Crippen LogP contribution in [0.4, 0.5) is 0 Å². The van der Waals surface area contributed by atoms with E-state index in [2.05, 4.69) is 20.1 Å². The maximum Gasteiger partial charge on any atom is 0.245 e. The van der Waals surface area contributed by atoms with Gasteiger partial charge in [0.2, 0.25) is 10.0 Å². The molecule has 1 aliphatic rings. The Morgan fingerprint density at radius 2 is 2.04 bits per heavy atom. The van der Waals surface area contributed by atoms with Gasteiger partial charge in [-0.25, -0.2) is 18.4 Å². The van der Waals surface area contributed by atoms with E-state index in [9.17, 15) is 8.42 Å². The molecule has 28 heavy (non-hydrogen) atoms. The van der Waals surface area contributed by atoms with Crippen LogP contribution in [0, 0.1) is 20.8 Å². The summed E-state index contributed by atoms with van der Waals surface area (Å²) in [5.41, 5.74) is 2.95. The molecule has 0 radical (unpaired) electrons. The first kappa shape index (κ1) is 18.7. The Bertz CT molecular complexity index is 1090. The van der Waals surface area contributed by atoms with Crippen molar-refractivity contribution < 1.29 is 12.9 Å². The molecular weight excluding hydrogens is 378 g/mol. The van der Waals surface area contributed by atoms with Crippen molar-refractivity contribution in [3.63, 3.8) is 0 Å². The first-order valence-corrected chi connectivity index (χ1v) is 10.5. The molecule has 1 saturated heterocycles. The molecule has 0 amide bonds. The maximum atomic E-state index is 13.1. The van der Waals surface area contributed by atoms with Crippen LogP contribution in [0.1, 0.15) is 41.9 Å². The molecule has 0 spiro atoms. The second-order valence-electron chi connectivity index (χ2n) is 6.89. The summed E-state index contributed by atoms with van der Waals surface area (Å²) in [5, 5.41) is 3.99. The Hall–Kier alpha value is -2.65. The highest BCUT2D eigenvalue weighted by Gasteiger charge is 2.37. The molecule has 3 aromatic heterocycles. The van der Waals surface area contributed by atoms with Crippen molar-refractivity contribution in [2.24, 2.45) is 0 Å². The molecule has 1 fully saturated rings. The largest absolute Gasteiger partial charge is 0.361 e. The first-order valence-electron chi connectivity index (χ1n) is 9.08. The van der Waals surface area contributed by atoms with Crippen molar-refractivity contribution in [1.82, 2.24) is 24.4 Å². The van der Waals surface area contributed by atoms with Gasteiger partial charge in [0.25, 0.3) is 0 Å². The number of aromatic nitrogens is 4. The molecule has 3 aromatic rings. The van der Waals surface area contributed by atoms with E-state index < -0.39 is 10.0 Å². The van der Waals surface area contributed by atoms with E-state index in [0.717, 1.165) is 17.7 Å². The van der Waals surface area contributed by atoms with Crippen molar-refractivity contribution in [2.45, 2.75) is 44.6 Å². The van der Waals surface area contributed by atoms with Gasteiger partial charge in [-0.3, -0.25) is 4.98 Å². The number of hydrogen-bond donors (Lipinski definition) is 0. The summed E-state index contributed by atoms with van der Waals surface area (Å²) in [6.45, 7) is 5.95. The lowest BCUT2D eigenvalue weighted by Gasteiger charge is -2.24. The fourth-order valence-electron chi connectivity index (χ4n) is 3.70. The number of hydrogen-bond acceptors (Lipinski definition) is 7. The Balaban J connectivity index is 1.77. The van der Waals surface area contributed by atoms with Crippen molar-refractivity contribution in [3.05, 3.63) is 53.6 Å². The Kier molecular flexibility index (Phi) is 4.72. The molecule has 1 unspecified atom stereocenters. The molecule has 146 valence electrons. The van der Waals surface area contributed by atoms with Gasteiger partial charge in [0, 0.05) is 18.9 Å². The molecule has 1 atom stereocenters. The highest BCUT2D eigenvalue weighted by Crippen LogP contribution is 2.37. The van der Waals surface area contributed by atoms with Crippen LogP contribution in [0.5, 0.6) is 0 Å². The second-order valence-corrected chi connectivity index (χ2v) is 8.78. The van der Waals surface area contributed by atoms with Gasteiger partial charge in [-0.15, -0.1) is 0 Å². The highest BCUT2D eigenvalue weighted by atomic mass is 32.2. The molecule has 0 aliphatic carbocycles. The van der Waals surface area contributed by atoms with Crippen LogP contribution in [0.25, 0.3) is 11.3 Å². The van der Waals surface area contributed by atoms with Gasteiger partial charge in [-0.05, 0) is 51.8 Å². The molecular formula is C19H21N5O3S. The first-order chi connectivity index (χ1) is 13.4. The van der Waals surface area contributed by atoms with Crippen molar-refractivity contribution in [1.29, 1.82) is 0 Å². The van der Waals surface area contributed by atoms with Crippen LogP contribution >= 0.6 is 0 Å². The predicted molar refractivity (Wildman–Crippen MR) is 102 cm³/mol. The molecule has 0 aromatic carbocycles. The third-order valence-electron chi connectivity index (χ3n) is 4.93. The Morgan fingerprint density at radius 1 is 1.21 bits per heavy atom. The quantitative estimate of drug-likeness (QED) is 0.664. The summed E-state index contributed by atoms with van der Waals surface area (Å²) >= 11 is 0. The van der Waals surface area contributed by atoms with Gasteiger partial charge < -0.3 is 4.52 Å². The summed E-state index contributed by atoms with van der Waals surface area (Å²) in [5.74, 6) is 1.26. The average Bonchev–Trinajstić information content (AvgIpc) is 3.29. The minimum absolute atomic E-state index is 0.193. The van der Waals surface area contributed by atoms with Crippen molar-refractivity contribution >= 4 is 10.0 Å². The normalized spacial score (nSPS) is 17.9. The lowest BCUT2D eigenvalue weighted by Crippen LogP contribution is -2.31. The van der Waals surface area contributed by atoms with Crippen LogP contribution in [-0.4, -0.2) is 39.4 Å². The van der Waals surface area contributed by atoms with Crippen LogP contribution < -0.4 is 0 Å². The fraction of sp³-hybridized carbons (Fsp3) is 0.368. The molecule has 8 nitrogen and oxygen atoms in total. The van der Waals surface area contributed by atoms with E-state index in [-0.39, 0.29) is 10.9 Å². The SMILES string of the molecule is Cc1nc(-c2c(C)noc2C)cc(C2CCCN2S(=O)(=O)c2cccnc2)n1. The Morgan fingerprint density at radius 3 is 2.71 bits per heavy atom. The number of nitrogens with zero attached hydrogens (tertiary/aromatic N) is 5. The number of pyridine rings is 1. The zero-order chi connectivity index (χ0) is 19.9. The standard InChI is InChI=1S/C19H21N5O3S/c1-12-19(13(2)27-23-12)17-10-16(21-14(3)22-17)18-7-5-9-24(18)28(25,26)15-6-4-8-20-11-15/h4,6,8,10-11,18H,5,7,9H2,1-3H3. The third-order valence-corrected chi connectivity index (χ3v) is 6.83. The Labute approximate surface area is 163 Å². The minimum Gasteiger partial charge on any atom is -0.361 e. The lowest BCUT2D eigenvalue weighted by molar-refractivity contribution is 0.389. The van der Waals surface area contributed by atoms with Crippen molar-refractivity contribution in [3.8, 4) is 11.3 Å². The molecule has 4 rings (SSSR count). The van der Waals surface area contributed by atoms with E-state index in [1.54, 1.807) is 25.3 Å². The van der Waals surface area contributed by atoms with Crippen LogP contribution in [-0.2, 0) is 10.0 Å². The molecule has 0 bridgehead atoms. The lowest BCUT2D eigenvalue weighted by atomic mass is 10.1. The monoisotopic (exact) mass is 399 g/mol. The molecule has 0 saturated carbocycles. The summed E-state index contributed by atoms with van der Waals surface area (Å²) < 4.78 is 33.1. The van der Waals surface area contributed by atoms with E-state index in [0.29, 0.717) is 35.9 Å². The van der Waals surface area contributed by atoms with Gasteiger partial charge >= 0.3 is 0 Å². The topological polar surface area (TPSA) is 102 Å². The number of sulfonamides is 1. The maximum absolute atomic E-state index is 13.1. The molecule has 1 aliphatic heterocycles. The van der Waals surface area contributed by atoms with E-state index in [1.807, 2.05) is 19.9 Å². The molecule has 0 N–H and O–H groups in total. The van der Waals surface area contributed by atoms with Gasteiger partial charge in [-0.1, -0.05) is 5.16 Å². The summed E-state index contributed by atoms with van der Waals surface area (Å²) in [6.07, 6.45) is 4.42. The van der Waals surface area contributed by atoms with Crippen LogP contribution in [0.15, 0.2) is 40.0 Å². The summed E-state index contributed by atoms with van der Waals surface area (Å²) in [4.78, 5) is 13.2. The van der Waals surface area contributed by atoms with Crippen LogP contribution in [0.3, 0.4) is 0 Å². The van der Waals surface area contributed by atoms with Gasteiger partial charge in [0.1, 0.15) is 16.5 Å². The number of rotatable bonds is 4. The number of aryl methyl sites for hydroxylation is 3. The van der Waals surface area contributed by atoms with Crippen LogP contribution in [0.2, 0.25) is 0 Å². The fourth-order valence-corrected chi connectivity index (χ4v) is 5.33. The van der Waals surface area contributed by atoms with Crippen molar-refractivity contribution in [2.75, 3.05) is 6.54 Å². The second kappa shape index (κ2) is 7.06. The van der Waals surface area contributed by atoms with Gasteiger partial charge in [-0.2, -0.15) is 4.31 Å². The summed E-state index contributed by atoms with van der Waals surface area (Å²) in [7, 11) is -3.65. The average molecular weight is 399 g/mol. The summed E-state index contributed by atoms with van der Waals surface area (Å²) in [6, 6.07) is 4.70. The highest BCUT2D eigenvalue weighted by molar-refractivity contribution is 7.89. The van der Waals surface area contributed by atoms with E-state index >= 15 is 0 Å². The minimum atomic E-state index is -3.65. The smallest absolute Gasteiger partial charge is 0.245 e. The van der Waals surface area contributed by atoms with Gasteiger partial charge in [0.15, 0.2) is 0 Å². The van der Waals surface area contributed by atoms with E-state index in [1.165, 1.54) is 10.5 Å². The molecule has 9 heteroatoms. The third kappa shape index (κ3) is 3.20. The van der Waals surface area contributed by atoms with Gasteiger partial charge in [0.05, 0.1) is 28.7 Å². The van der Waals surface area contributed by atoms with E-state index in [4.69, 9.17) is 4.52 Å².